The molecule has 2 rings (SSSR count). The van der Waals surface area contributed by atoms with Crippen molar-refractivity contribution in [1.29, 1.82) is 0 Å². The first kappa shape index (κ1) is 8.30. The SMILES string of the molecule is NC(=O)Nc1ncc2nccnc2n1. The number of primary amides is 1. The Hall–Kier alpha value is -2.31. The van der Waals surface area contributed by atoms with E-state index < -0.39 is 6.03 Å². The maximum atomic E-state index is 10.5. The summed E-state index contributed by atoms with van der Waals surface area (Å²) >= 11 is 0. The fourth-order valence-corrected chi connectivity index (χ4v) is 0.941. The lowest BCUT2D eigenvalue weighted by molar-refractivity contribution is 0.259. The van der Waals surface area contributed by atoms with E-state index in [0.717, 1.165) is 0 Å². The predicted octanol–water partition coefficient (Wildman–Crippen LogP) is -0.0896. The summed E-state index contributed by atoms with van der Waals surface area (Å²) < 4.78 is 0. The molecule has 3 N–H and O–H groups in total. The van der Waals surface area contributed by atoms with Crippen molar-refractivity contribution >= 4 is 23.1 Å². The van der Waals surface area contributed by atoms with Crippen LogP contribution in [-0.4, -0.2) is 26.0 Å². The molecule has 0 aliphatic carbocycles. The van der Waals surface area contributed by atoms with E-state index in [0.29, 0.717) is 11.2 Å². The standard InChI is InChI=1S/C7H6N6O/c8-6(14)13-7-11-3-4-5(12-7)10-2-1-9-4/h1-3H,(H3,8,10,11,12,13,14). The van der Waals surface area contributed by atoms with Gasteiger partial charge >= 0.3 is 6.03 Å². The number of nitrogens with zero attached hydrogens (tertiary/aromatic N) is 4. The number of hydrogen-bond acceptors (Lipinski definition) is 5. The highest BCUT2D eigenvalue weighted by molar-refractivity contribution is 5.86. The van der Waals surface area contributed by atoms with E-state index in [9.17, 15) is 4.79 Å². The molecule has 7 nitrogen and oxygen atoms in total. The third-order valence-electron chi connectivity index (χ3n) is 1.46. The van der Waals surface area contributed by atoms with Crippen molar-refractivity contribution in [1.82, 2.24) is 19.9 Å². The van der Waals surface area contributed by atoms with Crippen molar-refractivity contribution in [3.05, 3.63) is 18.6 Å². The molecule has 0 bridgehead atoms. The number of amides is 2. The summed E-state index contributed by atoms with van der Waals surface area (Å²) in [4.78, 5) is 26.2. The molecule has 0 atom stereocenters. The van der Waals surface area contributed by atoms with Crippen LogP contribution < -0.4 is 11.1 Å². The molecule has 2 heterocycles. The van der Waals surface area contributed by atoms with E-state index in [2.05, 4.69) is 25.3 Å². The molecule has 0 saturated carbocycles. The Labute approximate surface area is 78.4 Å². The van der Waals surface area contributed by atoms with Gasteiger partial charge in [0.2, 0.25) is 5.95 Å². The highest BCUT2D eigenvalue weighted by Crippen LogP contribution is 2.05. The van der Waals surface area contributed by atoms with Gasteiger partial charge in [-0.15, -0.1) is 0 Å². The minimum atomic E-state index is -0.715. The molecule has 2 aromatic rings. The minimum absolute atomic E-state index is 0.116. The molecule has 0 aromatic carbocycles. The molecule has 0 radical (unpaired) electrons. The Balaban J connectivity index is 2.46. The molecule has 0 aliphatic heterocycles. The topological polar surface area (TPSA) is 107 Å². The van der Waals surface area contributed by atoms with Crippen LogP contribution in [0.3, 0.4) is 0 Å². The first-order valence-corrected chi connectivity index (χ1v) is 3.76. The molecular weight excluding hydrogens is 184 g/mol. The Kier molecular flexibility index (Phi) is 1.90. The molecule has 14 heavy (non-hydrogen) atoms. The van der Waals surface area contributed by atoms with E-state index in [1.54, 1.807) is 0 Å². The lowest BCUT2D eigenvalue weighted by Crippen LogP contribution is -2.20. The molecule has 0 unspecified atom stereocenters. The van der Waals surface area contributed by atoms with Crippen LogP contribution in [0.15, 0.2) is 18.6 Å². The normalized spacial score (nSPS) is 10.0. The number of carbonyl (C=O) groups excluding carboxylic acids is 1. The van der Waals surface area contributed by atoms with Gasteiger partial charge in [0.15, 0.2) is 5.65 Å². The largest absolute Gasteiger partial charge is 0.351 e. The number of hydrogen-bond donors (Lipinski definition) is 2. The average Bonchev–Trinajstić information content (AvgIpc) is 2.17. The number of aromatic nitrogens is 4. The van der Waals surface area contributed by atoms with E-state index in [-0.39, 0.29) is 5.95 Å². The van der Waals surface area contributed by atoms with Gasteiger partial charge in [-0.05, 0) is 0 Å². The molecule has 0 spiro atoms. The van der Waals surface area contributed by atoms with Crippen LogP contribution in [0.5, 0.6) is 0 Å². The van der Waals surface area contributed by atoms with Crippen molar-refractivity contribution in [2.24, 2.45) is 5.73 Å². The summed E-state index contributed by atoms with van der Waals surface area (Å²) in [6.07, 6.45) is 4.50. The first-order valence-electron chi connectivity index (χ1n) is 3.76. The van der Waals surface area contributed by atoms with Crippen LogP contribution in [-0.2, 0) is 0 Å². The Morgan fingerprint density at radius 3 is 2.86 bits per heavy atom. The third-order valence-corrected chi connectivity index (χ3v) is 1.46. The lowest BCUT2D eigenvalue weighted by Gasteiger charge is -1.99. The highest BCUT2D eigenvalue weighted by Gasteiger charge is 2.02. The zero-order valence-corrected chi connectivity index (χ0v) is 7.01. The van der Waals surface area contributed by atoms with Gasteiger partial charge in [-0.1, -0.05) is 0 Å². The molecule has 7 heteroatoms. The van der Waals surface area contributed by atoms with Gasteiger partial charge in [0.25, 0.3) is 0 Å². The summed E-state index contributed by atoms with van der Waals surface area (Å²) in [5.41, 5.74) is 5.87. The zero-order valence-electron chi connectivity index (χ0n) is 7.01. The van der Waals surface area contributed by atoms with Crippen LogP contribution in [0.25, 0.3) is 11.2 Å². The quantitative estimate of drug-likeness (QED) is 0.653. The third kappa shape index (κ3) is 1.56. The van der Waals surface area contributed by atoms with Gasteiger partial charge in [-0.25, -0.2) is 19.7 Å². The van der Waals surface area contributed by atoms with Crippen LogP contribution in [0.2, 0.25) is 0 Å². The fraction of sp³-hybridized carbons (Fsp3) is 0. The van der Waals surface area contributed by atoms with Crippen molar-refractivity contribution in [2.75, 3.05) is 5.32 Å². The summed E-state index contributed by atoms with van der Waals surface area (Å²) in [7, 11) is 0. The number of nitrogens with two attached hydrogens (primary N) is 1. The zero-order chi connectivity index (χ0) is 9.97. The molecule has 0 saturated heterocycles. The van der Waals surface area contributed by atoms with Crippen LogP contribution in [0.1, 0.15) is 0 Å². The summed E-state index contributed by atoms with van der Waals surface area (Å²) in [5, 5.41) is 2.25. The van der Waals surface area contributed by atoms with Crippen molar-refractivity contribution in [3.63, 3.8) is 0 Å². The number of fused-ring (bicyclic) bond motifs is 1. The minimum Gasteiger partial charge on any atom is -0.351 e. The van der Waals surface area contributed by atoms with E-state index in [4.69, 9.17) is 5.73 Å². The summed E-state index contributed by atoms with van der Waals surface area (Å²) in [6, 6.07) is -0.715. The van der Waals surface area contributed by atoms with Gasteiger partial charge in [0, 0.05) is 12.4 Å². The van der Waals surface area contributed by atoms with Gasteiger partial charge < -0.3 is 5.73 Å². The number of nitrogens with one attached hydrogen (secondary N) is 1. The molecule has 70 valence electrons. The van der Waals surface area contributed by atoms with Gasteiger partial charge in [-0.3, -0.25) is 5.32 Å². The van der Waals surface area contributed by atoms with Crippen LogP contribution >= 0.6 is 0 Å². The second-order valence-electron chi connectivity index (χ2n) is 2.45. The Morgan fingerprint density at radius 2 is 2.07 bits per heavy atom. The van der Waals surface area contributed by atoms with Crippen LogP contribution in [0.4, 0.5) is 10.7 Å². The summed E-state index contributed by atoms with van der Waals surface area (Å²) in [5.74, 6) is 0.116. The lowest BCUT2D eigenvalue weighted by atomic mass is 10.5. The monoisotopic (exact) mass is 190 g/mol. The van der Waals surface area contributed by atoms with Gasteiger partial charge in [0.1, 0.15) is 5.52 Å². The molecule has 0 fully saturated rings. The van der Waals surface area contributed by atoms with E-state index in [1.807, 2.05) is 0 Å². The molecule has 0 aliphatic rings. The fourth-order valence-electron chi connectivity index (χ4n) is 0.941. The van der Waals surface area contributed by atoms with Crippen LogP contribution in [0, 0.1) is 0 Å². The first-order chi connectivity index (χ1) is 6.75. The highest BCUT2D eigenvalue weighted by atomic mass is 16.2. The predicted molar refractivity (Wildman–Crippen MR) is 48.3 cm³/mol. The summed E-state index contributed by atoms with van der Waals surface area (Å²) in [6.45, 7) is 0. The number of carbonyl (C=O) groups is 1. The average molecular weight is 190 g/mol. The van der Waals surface area contributed by atoms with Crippen molar-refractivity contribution < 1.29 is 4.79 Å². The molecule has 2 aromatic heterocycles. The maximum Gasteiger partial charge on any atom is 0.319 e. The van der Waals surface area contributed by atoms with Gasteiger partial charge in [-0.2, -0.15) is 4.98 Å². The van der Waals surface area contributed by atoms with Gasteiger partial charge in [0.05, 0.1) is 6.20 Å². The number of rotatable bonds is 1. The van der Waals surface area contributed by atoms with E-state index in [1.165, 1.54) is 18.6 Å². The molecular formula is C7H6N6O. The number of urea groups is 1. The van der Waals surface area contributed by atoms with E-state index >= 15 is 0 Å². The second kappa shape index (κ2) is 3.21. The van der Waals surface area contributed by atoms with Crippen molar-refractivity contribution in [2.45, 2.75) is 0 Å². The Morgan fingerprint density at radius 1 is 1.29 bits per heavy atom. The smallest absolute Gasteiger partial charge is 0.319 e. The van der Waals surface area contributed by atoms with Crippen molar-refractivity contribution in [3.8, 4) is 0 Å². The number of anilines is 1. The second-order valence-corrected chi connectivity index (χ2v) is 2.45. The molecule has 2 amide bonds. The maximum absolute atomic E-state index is 10.5. The Bertz CT molecular complexity index is 484.